The fraction of sp³-hybridized carbons (Fsp3) is 0.385. The van der Waals surface area contributed by atoms with E-state index in [2.05, 4.69) is 4.98 Å². The summed E-state index contributed by atoms with van der Waals surface area (Å²) in [6.45, 7) is 0. The second-order valence-electron chi connectivity index (χ2n) is 4.86. The molecule has 3 N–H and O–H groups in total. The second kappa shape index (κ2) is 4.54. The Hall–Kier alpha value is -1.53. The van der Waals surface area contributed by atoms with Crippen molar-refractivity contribution in [2.24, 2.45) is 11.7 Å². The van der Waals surface area contributed by atoms with Crippen LogP contribution >= 0.6 is 11.8 Å². The van der Waals surface area contributed by atoms with Crippen LogP contribution in [0.4, 0.5) is 0 Å². The van der Waals surface area contributed by atoms with Crippen LogP contribution in [0.5, 0.6) is 0 Å². The van der Waals surface area contributed by atoms with E-state index >= 15 is 0 Å². The van der Waals surface area contributed by atoms with E-state index in [0.717, 1.165) is 18.4 Å². The summed E-state index contributed by atoms with van der Waals surface area (Å²) < 4.78 is 5.55. The third-order valence-corrected chi connectivity index (χ3v) is 4.46. The Balaban J connectivity index is 1.76. The van der Waals surface area contributed by atoms with E-state index in [1.807, 2.05) is 24.3 Å². The lowest BCUT2D eigenvalue weighted by atomic mass is 9.98. The van der Waals surface area contributed by atoms with Crippen molar-refractivity contribution in [2.45, 2.75) is 23.6 Å². The van der Waals surface area contributed by atoms with Crippen molar-refractivity contribution < 1.29 is 14.3 Å². The number of oxazole rings is 1. The van der Waals surface area contributed by atoms with Gasteiger partial charge in [0.2, 0.25) is 0 Å². The largest absolute Gasteiger partial charge is 0.480 e. The first-order valence-corrected chi connectivity index (χ1v) is 7.09. The van der Waals surface area contributed by atoms with E-state index in [1.165, 1.54) is 11.8 Å². The number of hydrogen-bond donors (Lipinski definition) is 2. The van der Waals surface area contributed by atoms with Gasteiger partial charge < -0.3 is 15.3 Å². The number of hydrogen-bond acceptors (Lipinski definition) is 5. The van der Waals surface area contributed by atoms with Crippen LogP contribution in [0.1, 0.15) is 12.8 Å². The summed E-state index contributed by atoms with van der Waals surface area (Å²) in [5.74, 6) is -0.597. The van der Waals surface area contributed by atoms with E-state index in [9.17, 15) is 9.90 Å². The van der Waals surface area contributed by atoms with Gasteiger partial charge in [-0.05, 0) is 30.9 Å². The zero-order chi connectivity index (χ0) is 13.5. The molecule has 1 aliphatic carbocycles. The van der Waals surface area contributed by atoms with Crippen molar-refractivity contribution in [3.05, 3.63) is 24.3 Å². The van der Waals surface area contributed by atoms with Crippen molar-refractivity contribution >= 4 is 28.8 Å². The molecule has 0 bridgehead atoms. The maximum Gasteiger partial charge on any atom is 0.324 e. The molecule has 100 valence electrons. The van der Waals surface area contributed by atoms with Crippen LogP contribution in [-0.2, 0) is 4.79 Å². The normalized spacial score (nSPS) is 18.4. The van der Waals surface area contributed by atoms with Crippen LogP contribution in [0.3, 0.4) is 0 Å². The van der Waals surface area contributed by atoms with Crippen LogP contribution in [-0.4, -0.2) is 27.4 Å². The fourth-order valence-corrected chi connectivity index (χ4v) is 3.08. The monoisotopic (exact) mass is 278 g/mol. The molecule has 1 atom stereocenters. The number of thioether (sulfide) groups is 1. The van der Waals surface area contributed by atoms with Gasteiger partial charge in [0.1, 0.15) is 11.1 Å². The van der Waals surface area contributed by atoms with Crippen molar-refractivity contribution in [3.8, 4) is 0 Å². The topological polar surface area (TPSA) is 89.4 Å². The molecule has 1 aliphatic rings. The molecule has 1 aromatic heterocycles. The number of aliphatic carboxylic acids is 1. The summed E-state index contributed by atoms with van der Waals surface area (Å²) in [6.07, 6.45) is 1.77. The van der Waals surface area contributed by atoms with Crippen molar-refractivity contribution in [1.82, 2.24) is 4.98 Å². The van der Waals surface area contributed by atoms with Gasteiger partial charge >= 0.3 is 5.97 Å². The standard InChI is InChI=1S/C13H14N2O3S/c14-13(11(16)17,8-5-6-8)7-19-12-15-9-3-1-2-4-10(9)18-12/h1-4,8H,5-7,14H2,(H,16,17). The number of nitrogens with zero attached hydrogens (tertiary/aromatic N) is 1. The zero-order valence-corrected chi connectivity index (χ0v) is 11.0. The van der Waals surface area contributed by atoms with Crippen LogP contribution in [0, 0.1) is 5.92 Å². The second-order valence-corrected chi connectivity index (χ2v) is 5.78. The number of para-hydroxylation sites is 2. The van der Waals surface area contributed by atoms with Crippen molar-refractivity contribution in [1.29, 1.82) is 0 Å². The van der Waals surface area contributed by atoms with E-state index < -0.39 is 11.5 Å². The Bertz CT molecular complexity index is 590. The number of carboxylic acids is 1. The number of benzene rings is 1. The van der Waals surface area contributed by atoms with E-state index in [4.69, 9.17) is 10.2 Å². The lowest BCUT2D eigenvalue weighted by Gasteiger charge is -2.22. The third kappa shape index (κ3) is 2.33. The molecule has 1 heterocycles. The predicted octanol–water partition coefficient (Wildman–Crippen LogP) is 2.11. The first-order valence-electron chi connectivity index (χ1n) is 6.10. The number of aromatic nitrogens is 1. The molecule has 1 unspecified atom stereocenters. The molecule has 19 heavy (non-hydrogen) atoms. The Morgan fingerprint density at radius 2 is 2.26 bits per heavy atom. The van der Waals surface area contributed by atoms with E-state index in [-0.39, 0.29) is 11.7 Å². The Kier molecular flexibility index (Phi) is 2.99. The minimum atomic E-state index is -1.18. The number of rotatable bonds is 5. The lowest BCUT2D eigenvalue weighted by Crippen LogP contribution is -2.52. The molecular weight excluding hydrogens is 264 g/mol. The minimum absolute atomic E-state index is 0.0712. The van der Waals surface area contributed by atoms with Crippen molar-refractivity contribution in [3.63, 3.8) is 0 Å². The molecule has 6 heteroatoms. The molecule has 0 amide bonds. The minimum Gasteiger partial charge on any atom is -0.480 e. The fourth-order valence-electron chi connectivity index (χ4n) is 2.05. The summed E-state index contributed by atoms with van der Waals surface area (Å²) in [5.41, 5.74) is 6.30. The van der Waals surface area contributed by atoms with Gasteiger partial charge in [0.25, 0.3) is 5.22 Å². The van der Waals surface area contributed by atoms with Crippen LogP contribution < -0.4 is 5.73 Å². The highest BCUT2D eigenvalue weighted by molar-refractivity contribution is 7.99. The molecule has 1 aromatic carbocycles. The summed E-state index contributed by atoms with van der Waals surface area (Å²) in [4.78, 5) is 15.6. The zero-order valence-electron chi connectivity index (χ0n) is 10.2. The quantitative estimate of drug-likeness (QED) is 0.814. The van der Waals surface area contributed by atoms with Gasteiger partial charge in [0, 0.05) is 5.75 Å². The number of carboxylic acid groups (broad SMARTS) is 1. The first-order chi connectivity index (χ1) is 9.09. The van der Waals surface area contributed by atoms with Gasteiger partial charge in [0.15, 0.2) is 5.58 Å². The molecule has 2 aromatic rings. The highest BCUT2D eigenvalue weighted by atomic mass is 32.2. The van der Waals surface area contributed by atoms with Gasteiger partial charge in [-0.2, -0.15) is 0 Å². The van der Waals surface area contributed by atoms with Gasteiger partial charge in [-0.25, -0.2) is 4.98 Å². The van der Waals surface area contributed by atoms with Gasteiger partial charge in [0.05, 0.1) is 0 Å². The molecule has 5 nitrogen and oxygen atoms in total. The van der Waals surface area contributed by atoms with E-state index in [1.54, 1.807) is 0 Å². The summed E-state index contributed by atoms with van der Waals surface area (Å²) in [6, 6.07) is 7.45. The molecule has 0 saturated heterocycles. The first kappa shape index (κ1) is 12.5. The molecule has 1 fully saturated rings. The summed E-state index contributed by atoms with van der Waals surface area (Å²) in [5, 5.41) is 9.74. The van der Waals surface area contributed by atoms with Gasteiger partial charge in [-0.1, -0.05) is 23.9 Å². The van der Waals surface area contributed by atoms with Gasteiger partial charge in [-0.3, -0.25) is 4.79 Å². The Labute approximate surface area is 114 Å². The number of nitrogens with two attached hydrogens (primary N) is 1. The SMILES string of the molecule is NC(CSc1nc2ccccc2o1)(C(=O)O)C1CC1. The van der Waals surface area contributed by atoms with Crippen molar-refractivity contribution in [2.75, 3.05) is 5.75 Å². The van der Waals surface area contributed by atoms with Crippen LogP contribution in [0.15, 0.2) is 33.9 Å². The Morgan fingerprint density at radius 3 is 2.89 bits per heavy atom. The highest BCUT2D eigenvalue weighted by Crippen LogP contribution is 2.41. The number of fused-ring (bicyclic) bond motifs is 1. The maximum atomic E-state index is 11.3. The molecule has 0 spiro atoms. The van der Waals surface area contributed by atoms with E-state index in [0.29, 0.717) is 10.8 Å². The molecule has 0 radical (unpaired) electrons. The Morgan fingerprint density at radius 1 is 1.53 bits per heavy atom. The molecule has 1 saturated carbocycles. The predicted molar refractivity (Wildman–Crippen MR) is 72.0 cm³/mol. The van der Waals surface area contributed by atoms with Crippen LogP contribution in [0.2, 0.25) is 0 Å². The smallest absolute Gasteiger partial charge is 0.324 e. The summed E-state index contributed by atoms with van der Waals surface area (Å²) >= 11 is 1.27. The molecule has 0 aliphatic heterocycles. The summed E-state index contributed by atoms with van der Waals surface area (Å²) in [7, 11) is 0. The molecule has 3 rings (SSSR count). The molecular formula is C13H14N2O3S. The maximum absolute atomic E-state index is 11.3. The highest BCUT2D eigenvalue weighted by Gasteiger charge is 2.48. The lowest BCUT2D eigenvalue weighted by molar-refractivity contribution is -0.143. The average Bonchev–Trinajstić information content (AvgIpc) is 3.16. The van der Waals surface area contributed by atoms with Crippen LogP contribution in [0.25, 0.3) is 11.1 Å². The third-order valence-electron chi connectivity index (χ3n) is 3.41. The average molecular weight is 278 g/mol. The van der Waals surface area contributed by atoms with Gasteiger partial charge in [-0.15, -0.1) is 0 Å². The number of carbonyl (C=O) groups is 1.